The van der Waals surface area contributed by atoms with E-state index in [-0.39, 0.29) is 6.26 Å². The molecular weight excluding hydrogens is 142 g/mol. The number of aliphatic hydroxyl groups excluding tert-OH is 1. The first-order chi connectivity index (χ1) is 4.02. The standard InChI is InChI=1S/C4H5NO3S/c1-9(7,8)4(2-5)3-6/h3,6H,1H3/b4-3+. The van der Waals surface area contributed by atoms with Crippen LogP contribution in [0, 0.1) is 11.3 Å². The second kappa shape index (κ2) is 2.51. The lowest BCUT2D eigenvalue weighted by Crippen LogP contribution is -1.97. The minimum Gasteiger partial charge on any atom is -0.513 e. The lowest BCUT2D eigenvalue weighted by atomic mass is 10.7. The molecule has 0 aromatic heterocycles. The van der Waals surface area contributed by atoms with Crippen LogP contribution >= 0.6 is 0 Å². The van der Waals surface area contributed by atoms with Crippen LogP contribution in [0.25, 0.3) is 0 Å². The second-order valence-electron chi connectivity index (χ2n) is 1.38. The van der Waals surface area contributed by atoms with Gasteiger partial charge in [-0.15, -0.1) is 0 Å². The molecule has 0 amide bonds. The Bertz CT molecular complexity index is 256. The average Bonchev–Trinajstić information content (AvgIpc) is 1.65. The zero-order chi connectivity index (χ0) is 7.49. The molecule has 0 saturated heterocycles. The van der Waals surface area contributed by atoms with Gasteiger partial charge in [-0.25, -0.2) is 8.42 Å². The van der Waals surface area contributed by atoms with E-state index in [1.54, 1.807) is 0 Å². The summed E-state index contributed by atoms with van der Waals surface area (Å²) >= 11 is 0. The number of allylic oxidation sites excluding steroid dienone is 1. The summed E-state index contributed by atoms with van der Waals surface area (Å²) in [6, 6.07) is 1.31. The van der Waals surface area contributed by atoms with Crippen molar-refractivity contribution >= 4 is 9.84 Å². The molecule has 0 aliphatic rings. The van der Waals surface area contributed by atoms with Crippen molar-refractivity contribution in [2.24, 2.45) is 0 Å². The highest BCUT2D eigenvalue weighted by Gasteiger charge is 2.08. The van der Waals surface area contributed by atoms with Crippen LogP contribution in [0.15, 0.2) is 11.2 Å². The monoisotopic (exact) mass is 147 g/mol. The Hall–Kier alpha value is -1.02. The van der Waals surface area contributed by atoms with Crippen LogP contribution in [0.4, 0.5) is 0 Å². The zero-order valence-corrected chi connectivity index (χ0v) is 5.51. The first-order valence-corrected chi connectivity index (χ1v) is 3.86. The van der Waals surface area contributed by atoms with Gasteiger partial charge in [0, 0.05) is 6.26 Å². The molecule has 0 aliphatic carbocycles. The molecule has 0 fully saturated rings. The van der Waals surface area contributed by atoms with Crippen LogP contribution < -0.4 is 0 Å². The molecular formula is C4H5NO3S. The Morgan fingerprint density at radius 3 is 2.22 bits per heavy atom. The third-order valence-corrected chi connectivity index (χ3v) is 1.62. The minimum atomic E-state index is -3.52. The first-order valence-electron chi connectivity index (χ1n) is 1.97. The highest BCUT2D eigenvalue weighted by Crippen LogP contribution is 1.99. The molecule has 0 radical (unpaired) electrons. The number of hydrogen-bond acceptors (Lipinski definition) is 4. The van der Waals surface area contributed by atoms with E-state index in [4.69, 9.17) is 10.4 Å². The molecule has 1 N–H and O–H groups in total. The average molecular weight is 147 g/mol. The number of nitriles is 1. The van der Waals surface area contributed by atoms with Crippen molar-refractivity contribution in [1.29, 1.82) is 5.26 Å². The molecule has 4 nitrogen and oxygen atoms in total. The largest absolute Gasteiger partial charge is 0.513 e. The smallest absolute Gasteiger partial charge is 0.188 e. The molecule has 0 aliphatic heterocycles. The van der Waals surface area contributed by atoms with Crippen molar-refractivity contribution in [1.82, 2.24) is 0 Å². The van der Waals surface area contributed by atoms with E-state index in [1.807, 2.05) is 0 Å². The third kappa shape index (κ3) is 2.15. The van der Waals surface area contributed by atoms with E-state index < -0.39 is 14.7 Å². The van der Waals surface area contributed by atoms with Gasteiger partial charge in [-0.3, -0.25) is 0 Å². The van der Waals surface area contributed by atoms with E-state index in [0.29, 0.717) is 0 Å². The van der Waals surface area contributed by atoms with Crippen molar-refractivity contribution in [2.75, 3.05) is 6.26 Å². The lowest BCUT2D eigenvalue weighted by molar-refractivity contribution is 0.471. The lowest BCUT2D eigenvalue weighted by Gasteiger charge is -1.87. The van der Waals surface area contributed by atoms with Gasteiger partial charge in [0.25, 0.3) is 0 Å². The van der Waals surface area contributed by atoms with Gasteiger partial charge in [0.15, 0.2) is 14.7 Å². The summed E-state index contributed by atoms with van der Waals surface area (Å²) in [6.07, 6.45) is 1.12. The van der Waals surface area contributed by atoms with Crippen LogP contribution in [0.2, 0.25) is 0 Å². The maximum Gasteiger partial charge on any atom is 0.188 e. The summed E-state index contributed by atoms with van der Waals surface area (Å²) in [5.41, 5.74) is 0. The van der Waals surface area contributed by atoms with Gasteiger partial charge in [-0.05, 0) is 0 Å². The zero-order valence-electron chi connectivity index (χ0n) is 4.70. The summed E-state index contributed by atoms with van der Waals surface area (Å²) in [7, 11) is -3.52. The predicted molar refractivity (Wildman–Crippen MR) is 31.2 cm³/mol. The number of aliphatic hydroxyl groups is 1. The Morgan fingerprint density at radius 2 is 2.22 bits per heavy atom. The fraction of sp³-hybridized carbons (Fsp3) is 0.250. The SMILES string of the molecule is CS(=O)(=O)/C(C#N)=C/O. The van der Waals surface area contributed by atoms with Gasteiger partial charge < -0.3 is 5.11 Å². The highest BCUT2D eigenvalue weighted by atomic mass is 32.2. The van der Waals surface area contributed by atoms with Gasteiger partial charge in [0.2, 0.25) is 0 Å². The van der Waals surface area contributed by atoms with Crippen molar-refractivity contribution in [3.05, 3.63) is 11.2 Å². The summed E-state index contributed by atoms with van der Waals surface area (Å²) < 4.78 is 20.7. The quantitative estimate of drug-likeness (QED) is 0.416. The number of sulfone groups is 1. The molecule has 0 unspecified atom stereocenters. The van der Waals surface area contributed by atoms with E-state index in [2.05, 4.69) is 0 Å². The van der Waals surface area contributed by atoms with E-state index in [9.17, 15) is 8.42 Å². The Balaban J connectivity index is 4.85. The van der Waals surface area contributed by atoms with Gasteiger partial charge in [0.05, 0.1) is 0 Å². The molecule has 0 spiro atoms. The Labute approximate surface area is 53.0 Å². The molecule has 0 rings (SSSR count). The predicted octanol–water partition coefficient (Wildman–Crippen LogP) is -0.0460. The third-order valence-electron chi connectivity index (χ3n) is 0.627. The van der Waals surface area contributed by atoms with E-state index in [1.165, 1.54) is 6.07 Å². The van der Waals surface area contributed by atoms with Crippen LogP contribution in [0.5, 0.6) is 0 Å². The molecule has 0 aromatic carbocycles. The molecule has 0 bridgehead atoms. The van der Waals surface area contributed by atoms with Crippen LogP contribution in [-0.4, -0.2) is 19.8 Å². The fourth-order valence-electron chi connectivity index (χ4n) is 0.208. The van der Waals surface area contributed by atoms with Crippen LogP contribution in [0.3, 0.4) is 0 Å². The topological polar surface area (TPSA) is 78.2 Å². The molecule has 0 aromatic rings. The van der Waals surface area contributed by atoms with Crippen molar-refractivity contribution in [3.8, 4) is 6.07 Å². The number of hydrogen-bond donors (Lipinski definition) is 1. The van der Waals surface area contributed by atoms with Crippen molar-refractivity contribution in [3.63, 3.8) is 0 Å². The second-order valence-corrected chi connectivity index (χ2v) is 3.36. The first kappa shape index (κ1) is 7.98. The van der Waals surface area contributed by atoms with Crippen molar-refractivity contribution in [2.45, 2.75) is 0 Å². The van der Waals surface area contributed by atoms with Crippen LogP contribution in [-0.2, 0) is 9.84 Å². The Kier molecular flexibility index (Phi) is 2.22. The molecule has 0 atom stereocenters. The molecule has 50 valence electrons. The van der Waals surface area contributed by atoms with E-state index in [0.717, 1.165) is 6.26 Å². The highest BCUT2D eigenvalue weighted by molar-refractivity contribution is 7.94. The van der Waals surface area contributed by atoms with E-state index >= 15 is 0 Å². The van der Waals surface area contributed by atoms with Gasteiger partial charge >= 0.3 is 0 Å². The normalized spacial score (nSPS) is 12.7. The maximum absolute atomic E-state index is 10.3. The molecule has 0 heterocycles. The summed E-state index contributed by atoms with van der Waals surface area (Å²) in [6.45, 7) is 0. The van der Waals surface area contributed by atoms with Crippen LogP contribution in [0.1, 0.15) is 0 Å². The number of nitrogens with zero attached hydrogens (tertiary/aromatic N) is 1. The summed E-state index contributed by atoms with van der Waals surface area (Å²) in [5, 5.41) is 16.1. The minimum absolute atomic E-state index is 0.273. The molecule has 5 heteroatoms. The summed E-state index contributed by atoms with van der Waals surface area (Å²) in [4.78, 5) is -0.623. The Morgan fingerprint density at radius 1 is 1.78 bits per heavy atom. The maximum atomic E-state index is 10.3. The molecule has 0 saturated carbocycles. The van der Waals surface area contributed by atoms with Crippen molar-refractivity contribution < 1.29 is 13.5 Å². The summed E-state index contributed by atoms with van der Waals surface area (Å²) in [5.74, 6) is 0. The number of rotatable bonds is 1. The van der Waals surface area contributed by atoms with Gasteiger partial charge in [-0.2, -0.15) is 5.26 Å². The van der Waals surface area contributed by atoms with Gasteiger partial charge in [0.1, 0.15) is 12.3 Å². The van der Waals surface area contributed by atoms with Gasteiger partial charge in [-0.1, -0.05) is 0 Å². The molecule has 9 heavy (non-hydrogen) atoms. The fourth-order valence-corrected chi connectivity index (χ4v) is 0.565.